The zero-order valence-electron chi connectivity index (χ0n) is 16.0. The van der Waals surface area contributed by atoms with Crippen molar-refractivity contribution in [2.24, 2.45) is 4.99 Å². The second kappa shape index (κ2) is 7.14. The Hall–Kier alpha value is -3.94. The van der Waals surface area contributed by atoms with Crippen molar-refractivity contribution in [2.75, 3.05) is 11.9 Å². The van der Waals surface area contributed by atoms with Crippen LogP contribution < -0.4 is 10.9 Å². The zero-order chi connectivity index (χ0) is 20.7. The molecule has 1 aliphatic rings. The average Bonchev–Trinajstić information content (AvgIpc) is 3.17. The number of aromatic nitrogens is 3. The zero-order valence-corrected chi connectivity index (χ0v) is 16.0. The van der Waals surface area contributed by atoms with E-state index in [1.54, 1.807) is 12.1 Å². The summed E-state index contributed by atoms with van der Waals surface area (Å²) in [5.41, 5.74) is 2.85. The van der Waals surface area contributed by atoms with Gasteiger partial charge in [0, 0.05) is 18.1 Å². The number of H-pyrrole nitrogens is 2. The number of aromatic carboxylic acids is 1. The van der Waals surface area contributed by atoms with Gasteiger partial charge in [0.05, 0.1) is 33.8 Å². The van der Waals surface area contributed by atoms with Gasteiger partial charge in [0.1, 0.15) is 11.4 Å². The number of nitrogens with one attached hydrogen (secondary N) is 3. The molecular weight excluding hydrogens is 382 g/mol. The van der Waals surface area contributed by atoms with Gasteiger partial charge in [-0.15, -0.1) is 0 Å². The van der Waals surface area contributed by atoms with Crippen molar-refractivity contribution < 1.29 is 9.90 Å². The number of carboxylic acids is 1. The summed E-state index contributed by atoms with van der Waals surface area (Å²) in [6.07, 6.45) is 3.66. The molecule has 8 nitrogen and oxygen atoms in total. The number of pyridine rings is 1. The van der Waals surface area contributed by atoms with Crippen LogP contribution >= 0.6 is 0 Å². The molecule has 1 atom stereocenters. The van der Waals surface area contributed by atoms with Gasteiger partial charge in [0.15, 0.2) is 0 Å². The Bertz CT molecular complexity index is 1340. The Balaban J connectivity index is 1.78. The molecule has 30 heavy (non-hydrogen) atoms. The summed E-state index contributed by atoms with van der Waals surface area (Å²) < 4.78 is 0. The first-order valence-electron chi connectivity index (χ1n) is 9.75. The molecule has 0 saturated carbocycles. The lowest BCUT2D eigenvalue weighted by Crippen LogP contribution is -2.26. The largest absolute Gasteiger partial charge is 0.478 e. The topological polar surface area (TPSA) is 123 Å². The Labute approximate surface area is 170 Å². The number of anilines is 1. The van der Waals surface area contributed by atoms with Gasteiger partial charge < -0.3 is 20.4 Å². The Morgan fingerprint density at radius 2 is 2.00 bits per heavy atom. The van der Waals surface area contributed by atoms with E-state index in [1.807, 2.05) is 30.5 Å². The van der Waals surface area contributed by atoms with Crippen molar-refractivity contribution in [1.82, 2.24) is 15.0 Å². The van der Waals surface area contributed by atoms with Crippen LogP contribution in [0.2, 0.25) is 0 Å². The number of fused-ring (bicyclic) bond motifs is 2. The lowest BCUT2D eigenvalue weighted by Gasteiger charge is -2.21. The third-order valence-corrected chi connectivity index (χ3v) is 5.30. The van der Waals surface area contributed by atoms with Crippen LogP contribution in [0.5, 0.6) is 0 Å². The molecule has 1 aliphatic heterocycles. The lowest BCUT2D eigenvalue weighted by atomic mass is 10.0. The van der Waals surface area contributed by atoms with Gasteiger partial charge in [0.2, 0.25) is 0 Å². The van der Waals surface area contributed by atoms with Crippen LogP contribution in [0.4, 0.5) is 5.69 Å². The number of para-hydroxylation sites is 2. The predicted octanol–water partition coefficient (Wildman–Crippen LogP) is 3.41. The van der Waals surface area contributed by atoms with E-state index in [1.165, 1.54) is 6.07 Å². The summed E-state index contributed by atoms with van der Waals surface area (Å²) in [4.78, 5) is 39.7. The summed E-state index contributed by atoms with van der Waals surface area (Å²) in [6, 6.07) is 12.1. The molecule has 4 N–H and O–H groups in total. The highest BCUT2D eigenvalue weighted by atomic mass is 16.4. The molecular formula is C22H19N5O3. The van der Waals surface area contributed by atoms with Crippen LogP contribution in [0.3, 0.4) is 0 Å². The van der Waals surface area contributed by atoms with E-state index in [9.17, 15) is 14.7 Å². The summed E-state index contributed by atoms with van der Waals surface area (Å²) in [7, 11) is 0. The van der Waals surface area contributed by atoms with Crippen LogP contribution in [0.1, 0.15) is 23.2 Å². The Kier molecular flexibility index (Phi) is 4.31. The van der Waals surface area contributed by atoms with Gasteiger partial charge in [-0.05, 0) is 43.2 Å². The fourth-order valence-corrected chi connectivity index (χ4v) is 3.85. The molecule has 0 radical (unpaired) electrons. The van der Waals surface area contributed by atoms with Crippen LogP contribution in [0.25, 0.3) is 33.3 Å². The van der Waals surface area contributed by atoms with Crippen LogP contribution in [-0.2, 0) is 0 Å². The third-order valence-electron chi connectivity index (χ3n) is 5.30. The first-order valence-corrected chi connectivity index (χ1v) is 9.75. The molecule has 0 aliphatic carbocycles. The van der Waals surface area contributed by atoms with Gasteiger partial charge in [-0.2, -0.15) is 0 Å². The quantitative estimate of drug-likeness (QED) is 0.417. The van der Waals surface area contributed by atoms with Crippen LogP contribution in [0.15, 0.2) is 52.3 Å². The highest BCUT2D eigenvalue weighted by Gasteiger charge is 2.21. The lowest BCUT2D eigenvalue weighted by molar-refractivity contribution is 0.0697. The van der Waals surface area contributed by atoms with Gasteiger partial charge in [-0.3, -0.25) is 9.79 Å². The van der Waals surface area contributed by atoms with E-state index in [2.05, 4.69) is 25.3 Å². The van der Waals surface area contributed by atoms with Crippen LogP contribution in [0, 0.1) is 0 Å². The number of aliphatic imine (C=N–C) groups is 1. The Morgan fingerprint density at radius 3 is 2.77 bits per heavy atom. The molecule has 0 fully saturated rings. The Morgan fingerprint density at radius 1 is 1.13 bits per heavy atom. The minimum absolute atomic E-state index is 0.0552. The maximum Gasteiger partial charge on any atom is 0.335 e. The molecule has 4 aromatic rings. The molecule has 1 unspecified atom stereocenters. The maximum absolute atomic E-state index is 13.1. The molecule has 0 bridgehead atoms. The number of hydrogen-bond acceptors (Lipinski definition) is 5. The van der Waals surface area contributed by atoms with E-state index in [0.29, 0.717) is 28.0 Å². The first kappa shape index (κ1) is 18.1. The SMILES string of the molecule is O=C(O)c1ccc2[nH]c(=O)c(-c3nc4ccccc4[nH]3)c(NC3C=NCCC3)c2c1. The average molecular weight is 401 g/mol. The molecule has 3 heterocycles. The van der Waals surface area contributed by atoms with E-state index < -0.39 is 5.97 Å². The molecule has 150 valence electrons. The van der Waals surface area contributed by atoms with E-state index in [-0.39, 0.29) is 17.2 Å². The molecule has 0 saturated heterocycles. The number of benzene rings is 2. The number of hydrogen-bond donors (Lipinski definition) is 4. The minimum Gasteiger partial charge on any atom is -0.478 e. The molecule has 8 heteroatoms. The van der Waals surface area contributed by atoms with Crippen molar-refractivity contribution in [2.45, 2.75) is 18.9 Å². The van der Waals surface area contributed by atoms with E-state index >= 15 is 0 Å². The normalized spacial score (nSPS) is 16.2. The predicted molar refractivity (Wildman–Crippen MR) is 117 cm³/mol. The summed E-state index contributed by atoms with van der Waals surface area (Å²) in [5.74, 6) is -0.603. The molecule has 5 rings (SSSR count). The van der Waals surface area contributed by atoms with Gasteiger partial charge in [-0.25, -0.2) is 9.78 Å². The van der Waals surface area contributed by atoms with Gasteiger partial charge in [0.25, 0.3) is 5.56 Å². The number of imidazole rings is 1. The highest BCUT2D eigenvalue weighted by Crippen LogP contribution is 2.32. The van der Waals surface area contributed by atoms with Crippen molar-refractivity contribution in [1.29, 1.82) is 0 Å². The summed E-state index contributed by atoms with van der Waals surface area (Å²) in [5, 5.41) is 13.5. The maximum atomic E-state index is 13.1. The molecule has 0 spiro atoms. The highest BCUT2D eigenvalue weighted by molar-refractivity contribution is 6.03. The molecule has 0 amide bonds. The number of carboxylic acid groups (broad SMARTS) is 1. The van der Waals surface area contributed by atoms with E-state index in [0.717, 1.165) is 30.4 Å². The smallest absolute Gasteiger partial charge is 0.335 e. The monoisotopic (exact) mass is 401 g/mol. The molecule has 2 aromatic carbocycles. The third kappa shape index (κ3) is 3.12. The standard InChI is InChI=1S/C22H19N5O3/c28-21-18(20-25-16-5-1-2-6-17(16)26-20)19(24-13-4-3-9-23-11-13)14-10-12(22(29)30)7-8-15(14)27-21/h1-2,5-8,10-11,13H,3-4,9H2,(H,25,26)(H,29,30)(H2,24,27,28). The number of nitrogens with zero attached hydrogens (tertiary/aromatic N) is 2. The van der Waals surface area contributed by atoms with Crippen molar-refractivity contribution in [3.8, 4) is 11.4 Å². The fraction of sp³-hybridized carbons (Fsp3) is 0.182. The number of rotatable bonds is 4. The second-order valence-corrected chi connectivity index (χ2v) is 7.32. The fourth-order valence-electron chi connectivity index (χ4n) is 3.85. The summed E-state index contributed by atoms with van der Waals surface area (Å²) >= 11 is 0. The van der Waals surface area contributed by atoms with Gasteiger partial charge >= 0.3 is 5.97 Å². The molecule has 2 aromatic heterocycles. The van der Waals surface area contributed by atoms with Crippen molar-refractivity contribution in [3.63, 3.8) is 0 Å². The number of carbonyl (C=O) groups is 1. The first-order chi connectivity index (χ1) is 14.6. The summed E-state index contributed by atoms with van der Waals surface area (Å²) in [6.45, 7) is 0.786. The van der Waals surface area contributed by atoms with E-state index in [4.69, 9.17) is 0 Å². The van der Waals surface area contributed by atoms with Crippen LogP contribution in [-0.4, -0.2) is 44.8 Å². The van der Waals surface area contributed by atoms with Gasteiger partial charge in [-0.1, -0.05) is 12.1 Å². The van der Waals surface area contributed by atoms with Crippen molar-refractivity contribution in [3.05, 3.63) is 58.4 Å². The minimum atomic E-state index is -1.03. The second-order valence-electron chi connectivity index (χ2n) is 7.32. The van der Waals surface area contributed by atoms with Crippen molar-refractivity contribution >= 4 is 39.8 Å². The number of aromatic amines is 2.